The van der Waals surface area contributed by atoms with Crippen LogP contribution in [0, 0.1) is 0 Å². The number of methoxy groups -OCH3 is 2. The van der Waals surface area contributed by atoms with Gasteiger partial charge in [-0.2, -0.15) is 0 Å². The Kier molecular flexibility index (Phi) is 8.66. The largest absolute Gasteiger partial charge is 0.493 e. The van der Waals surface area contributed by atoms with Crippen LogP contribution < -0.4 is 14.8 Å². The van der Waals surface area contributed by atoms with E-state index in [9.17, 15) is 4.79 Å². The predicted molar refractivity (Wildman–Crippen MR) is 110 cm³/mol. The Labute approximate surface area is 168 Å². The van der Waals surface area contributed by atoms with Gasteiger partial charge in [-0.15, -0.1) is 10.2 Å². The van der Waals surface area contributed by atoms with Crippen molar-refractivity contribution in [2.24, 2.45) is 0 Å². The predicted octanol–water partition coefficient (Wildman–Crippen LogP) is 3.52. The Morgan fingerprint density at radius 3 is 2.67 bits per heavy atom. The number of benzene rings is 1. The molecule has 0 atom stereocenters. The van der Waals surface area contributed by atoms with Gasteiger partial charge in [0.1, 0.15) is 0 Å². The maximum Gasteiger partial charge on any atom is 0.233 e. The maximum absolute atomic E-state index is 12.6. The van der Waals surface area contributed by atoms with Crippen molar-refractivity contribution >= 4 is 34.1 Å². The topological polar surface area (TPSA) is 76.6 Å². The van der Waals surface area contributed by atoms with Crippen molar-refractivity contribution in [3.8, 4) is 11.5 Å². The van der Waals surface area contributed by atoms with E-state index in [1.165, 1.54) is 23.1 Å². The lowest BCUT2D eigenvalue weighted by molar-refractivity contribution is -0.128. The summed E-state index contributed by atoms with van der Waals surface area (Å²) >= 11 is 2.90. The van der Waals surface area contributed by atoms with E-state index in [0.717, 1.165) is 28.0 Å². The fraction of sp³-hybridized carbons (Fsp3) is 0.500. The molecule has 0 aliphatic carbocycles. The van der Waals surface area contributed by atoms with Gasteiger partial charge in [-0.3, -0.25) is 4.79 Å². The molecule has 1 amide bonds. The summed E-state index contributed by atoms with van der Waals surface area (Å²) in [5.41, 5.74) is 0.995. The van der Waals surface area contributed by atoms with Gasteiger partial charge in [0.15, 0.2) is 15.8 Å². The maximum atomic E-state index is 12.6. The van der Waals surface area contributed by atoms with Crippen LogP contribution >= 0.6 is 23.1 Å². The molecule has 148 valence electrons. The van der Waals surface area contributed by atoms with Gasteiger partial charge < -0.3 is 19.7 Å². The van der Waals surface area contributed by atoms with Crippen LogP contribution in [0.25, 0.3) is 0 Å². The Hall–Kier alpha value is -2.00. The SMILES string of the molecule is CCCNc1nnc(SCC(=O)N(CC)Cc2ccc(OC)c(OC)c2)s1. The molecule has 27 heavy (non-hydrogen) atoms. The van der Waals surface area contributed by atoms with Crippen LogP contribution in [0.3, 0.4) is 0 Å². The van der Waals surface area contributed by atoms with E-state index in [1.807, 2.05) is 30.0 Å². The van der Waals surface area contributed by atoms with E-state index in [1.54, 1.807) is 14.2 Å². The standard InChI is InChI=1S/C18H26N4O3S2/c1-5-9-19-17-20-21-18(27-17)26-12-16(23)22(6-2)11-13-7-8-14(24-3)15(10-13)25-4/h7-8,10H,5-6,9,11-12H2,1-4H3,(H,19,20). The summed E-state index contributed by atoms with van der Waals surface area (Å²) in [5, 5.41) is 12.2. The molecule has 1 aromatic carbocycles. The lowest BCUT2D eigenvalue weighted by atomic mass is 10.2. The van der Waals surface area contributed by atoms with Gasteiger partial charge in [-0.05, 0) is 31.0 Å². The molecular formula is C18H26N4O3S2. The van der Waals surface area contributed by atoms with E-state index < -0.39 is 0 Å². The molecule has 2 rings (SSSR count). The van der Waals surface area contributed by atoms with Crippen molar-refractivity contribution in [2.45, 2.75) is 31.2 Å². The third-order valence-electron chi connectivity index (χ3n) is 3.81. The molecule has 0 unspecified atom stereocenters. The minimum atomic E-state index is 0.0653. The molecule has 1 aromatic heterocycles. The van der Waals surface area contributed by atoms with Gasteiger partial charge in [-0.1, -0.05) is 36.1 Å². The van der Waals surface area contributed by atoms with Crippen LogP contribution in [-0.2, 0) is 11.3 Å². The first-order valence-corrected chi connectivity index (χ1v) is 10.6. The molecule has 1 N–H and O–H groups in total. The van der Waals surface area contributed by atoms with Crippen LogP contribution in [0.2, 0.25) is 0 Å². The number of amides is 1. The van der Waals surface area contributed by atoms with Crippen LogP contribution in [0.4, 0.5) is 5.13 Å². The molecule has 0 bridgehead atoms. The number of aromatic nitrogens is 2. The fourth-order valence-electron chi connectivity index (χ4n) is 2.36. The molecule has 0 aliphatic rings. The van der Waals surface area contributed by atoms with E-state index in [2.05, 4.69) is 22.4 Å². The molecule has 0 saturated heterocycles. The number of hydrogen-bond acceptors (Lipinski definition) is 8. The summed E-state index contributed by atoms with van der Waals surface area (Å²) in [6, 6.07) is 5.70. The quantitative estimate of drug-likeness (QED) is 0.568. The number of nitrogens with zero attached hydrogens (tertiary/aromatic N) is 3. The summed E-state index contributed by atoms with van der Waals surface area (Å²) in [7, 11) is 3.21. The first-order valence-electron chi connectivity index (χ1n) is 8.80. The van der Waals surface area contributed by atoms with Gasteiger partial charge in [-0.25, -0.2) is 0 Å². The molecule has 2 aromatic rings. The lowest BCUT2D eigenvalue weighted by Gasteiger charge is -2.21. The molecule has 0 spiro atoms. The second kappa shape index (κ2) is 11.0. The number of carbonyl (C=O) groups excluding carboxylic acids is 1. The van der Waals surface area contributed by atoms with Gasteiger partial charge in [0.25, 0.3) is 0 Å². The summed E-state index contributed by atoms with van der Waals surface area (Å²) in [6.07, 6.45) is 1.03. The van der Waals surface area contributed by atoms with Crippen molar-refractivity contribution in [3.05, 3.63) is 23.8 Å². The zero-order valence-electron chi connectivity index (χ0n) is 16.2. The van der Waals surface area contributed by atoms with Crippen molar-refractivity contribution in [3.63, 3.8) is 0 Å². The van der Waals surface area contributed by atoms with Crippen LogP contribution in [0.15, 0.2) is 22.5 Å². The molecule has 7 nitrogen and oxygen atoms in total. The molecule has 9 heteroatoms. The fourth-order valence-corrected chi connectivity index (χ4v) is 4.04. The van der Waals surface area contributed by atoms with Crippen LogP contribution in [0.5, 0.6) is 11.5 Å². The zero-order chi connectivity index (χ0) is 19.6. The number of ether oxygens (including phenoxy) is 2. The number of rotatable bonds is 11. The van der Waals surface area contributed by atoms with E-state index >= 15 is 0 Å². The Morgan fingerprint density at radius 1 is 1.22 bits per heavy atom. The number of hydrogen-bond donors (Lipinski definition) is 1. The minimum Gasteiger partial charge on any atom is -0.493 e. The highest BCUT2D eigenvalue weighted by Gasteiger charge is 2.15. The molecule has 1 heterocycles. The summed E-state index contributed by atoms with van der Waals surface area (Å²) in [6.45, 7) is 6.09. The number of nitrogens with one attached hydrogen (secondary N) is 1. The monoisotopic (exact) mass is 410 g/mol. The molecule has 0 radical (unpaired) electrons. The summed E-state index contributed by atoms with van der Waals surface area (Å²) in [4.78, 5) is 14.4. The highest BCUT2D eigenvalue weighted by atomic mass is 32.2. The Morgan fingerprint density at radius 2 is 2.00 bits per heavy atom. The number of thioether (sulfide) groups is 1. The van der Waals surface area contributed by atoms with E-state index in [0.29, 0.717) is 30.3 Å². The first-order chi connectivity index (χ1) is 13.1. The Bertz CT molecular complexity index is 739. The highest BCUT2D eigenvalue weighted by Crippen LogP contribution is 2.29. The van der Waals surface area contributed by atoms with Crippen molar-refractivity contribution in [2.75, 3.05) is 38.4 Å². The van der Waals surface area contributed by atoms with Gasteiger partial charge in [0.2, 0.25) is 11.0 Å². The van der Waals surface area contributed by atoms with E-state index in [4.69, 9.17) is 9.47 Å². The van der Waals surface area contributed by atoms with Gasteiger partial charge in [0, 0.05) is 19.6 Å². The van der Waals surface area contributed by atoms with Crippen molar-refractivity contribution in [1.29, 1.82) is 0 Å². The van der Waals surface area contributed by atoms with Crippen LogP contribution in [-0.4, -0.2) is 54.1 Å². The second-order valence-electron chi connectivity index (χ2n) is 5.69. The normalized spacial score (nSPS) is 10.5. The highest BCUT2D eigenvalue weighted by molar-refractivity contribution is 8.01. The van der Waals surface area contributed by atoms with Crippen LogP contribution in [0.1, 0.15) is 25.8 Å². The van der Waals surface area contributed by atoms with Gasteiger partial charge in [0.05, 0.1) is 20.0 Å². The third kappa shape index (κ3) is 6.28. The molecule has 0 aliphatic heterocycles. The average Bonchev–Trinajstić information content (AvgIpc) is 3.16. The summed E-state index contributed by atoms with van der Waals surface area (Å²) in [5.74, 6) is 1.74. The van der Waals surface area contributed by atoms with Crippen molar-refractivity contribution in [1.82, 2.24) is 15.1 Å². The third-order valence-corrected chi connectivity index (χ3v) is 5.81. The van der Waals surface area contributed by atoms with Gasteiger partial charge >= 0.3 is 0 Å². The average molecular weight is 411 g/mol. The zero-order valence-corrected chi connectivity index (χ0v) is 17.8. The summed E-state index contributed by atoms with van der Waals surface area (Å²) < 4.78 is 11.4. The molecular weight excluding hydrogens is 384 g/mol. The first kappa shape index (κ1) is 21.3. The smallest absolute Gasteiger partial charge is 0.233 e. The van der Waals surface area contributed by atoms with E-state index in [-0.39, 0.29) is 5.91 Å². The number of anilines is 1. The second-order valence-corrected chi connectivity index (χ2v) is 7.89. The minimum absolute atomic E-state index is 0.0653. The number of carbonyl (C=O) groups is 1. The Balaban J connectivity index is 1.92. The lowest BCUT2D eigenvalue weighted by Crippen LogP contribution is -2.31. The van der Waals surface area contributed by atoms with Crippen molar-refractivity contribution < 1.29 is 14.3 Å². The molecule has 0 saturated carbocycles. The molecule has 0 fully saturated rings.